The first kappa shape index (κ1) is 19.9. The fourth-order valence-electron chi connectivity index (χ4n) is 2.62. The van der Waals surface area contributed by atoms with E-state index >= 15 is 0 Å². The number of halogens is 2. The third-order valence-electron chi connectivity index (χ3n) is 4.12. The molecule has 0 aromatic heterocycles. The topological polar surface area (TPSA) is 49.4 Å². The predicted molar refractivity (Wildman–Crippen MR) is 100 cm³/mol. The fraction of sp³-hybridized carbons (Fsp3) is 0.300. The number of likely N-dealkylation sites (N-methyl/N-ethyl adjacent to an activating group) is 1. The Hall–Kier alpha value is -2.40. The van der Waals surface area contributed by atoms with Gasteiger partial charge in [-0.2, -0.15) is 0 Å². The second-order valence-corrected chi connectivity index (χ2v) is 6.36. The summed E-state index contributed by atoms with van der Waals surface area (Å²) in [5.41, 5.74) is 1.02. The summed E-state index contributed by atoms with van der Waals surface area (Å²) in [5.74, 6) is -0.984. The lowest BCUT2D eigenvalue weighted by Gasteiger charge is -2.29. The lowest BCUT2D eigenvalue weighted by Crippen LogP contribution is -2.48. The highest BCUT2D eigenvalue weighted by atomic mass is 35.5. The highest BCUT2D eigenvalue weighted by molar-refractivity contribution is 6.31. The monoisotopic (exact) mass is 376 g/mol. The number of amides is 2. The van der Waals surface area contributed by atoms with Gasteiger partial charge in [0, 0.05) is 23.7 Å². The SMILES string of the molecule is CCNC(=O)C(C)N(Cc1ccccc1F)C(=O)Cc1ccccc1Cl. The summed E-state index contributed by atoms with van der Waals surface area (Å²) < 4.78 is 14.1. The molecule has 138 valence electrons. The number of carbonyl (C=O) groups excluding carboxylic acids is 2. The zero-order chi connectivity index (χ0) is 19.1. The molecule has 1 N–H and O–H groups in total. The minimum absolute atomic E-state index is 0.00819. The third kappa shape index (κ3) is 5.05. The zero-order valence-electron chi connectivity index (χ0n) is 14.8. The van der Waals surface area contributed by atoms with Crippen molar-refractivity contribution in [2.75, 3.05) is 6.54 Å². The van der Waals surface area contributed by atoms with Crippen molar-refractivity contribution < 1.29 is 14.0 Å². The van der Waals surface area contributed by atoms with E-state index in [2.05, 4.69) is 5.32 Å². The summed E-state index contributed by atoms with van der Waals surface area (Å²) in [7, 11) is 0. The number of benzene rings is 2. The van der Waals surface area contributed by atoms with Crippen molar-refractivity contribution in [1.29, 1.82) is 0 Å². The summed E-state index contributed by atoms with van der Waals surface area (Å²) in [6.45, 7) is 3.90. The molecule has 0 bridgehead atoms. The molecule has 0 saturated carbocycles. The van der Waals surface area contributed by atoms with Gasteiger partial charge in [0.25, 0.3) is 0 Å². The number of nitrogens with one attached hydrogen (secondary N) is 1. The molecule has 26 heavy (non-hydrogen) atoms. The number of rotatable bonds is 7. The Bertz CT molecular complexity index is 782. The Morgan fingerprint density at radius 2 is 1.73 bits per heavy atom. The molecule has 4 nitrogen and oxygen atoms in total. The van der Waals surface area contributed by atoms with Gasteiger partial charge in [-0.15, -0.1) is 0 Å². The number of hydrogen-bond donors (Lipinski definition) is 1. The zero-order valence-corrected chi connectivity index (χ0v) is 15.6. The van der Waals surface area contributed by atoms with Crippen LogP contribution in [0.25, 0.3) is 0 Å². The average Bonchev–Trinajstić information content (AvgIpc) is 2.62. The highest BCUT2D eigenvalue weighted by Crippen LogP contribution is 2.19. The van der Waals surface area contributed by atoms with Crippen LogP contribution in [0.1, 0.15) is 25.0 Å². The predicted octanol–water partition coefficient (Wildman–Crippen LogP) is 3.58. The summed E-state index contributed by atoms with van der Waals surface area (Å²) >= 11 is 6.14. The average molecular weight is 377 g/mol. The number of hydrogen-bond acceptors (Lipinski definition) is 2. The van der Waals surface area contributed by atoms with Crippen molar-refractivity contribution >= 4 is 23.4 Å². The van der Waals surface area contributed by atoms with E-state index < -0.39 is 11.9 Å². The van der Waals surface area contributed by atoms with Crippen molar-refractivity contribution in [3.05, 3.63) is 70.5 Å². The first-order valence-corrected chi connectivity index (χ1v) is 8.85. The van der Waals surface area contributed by atoms with E-state index in [9.17, 15) is 14.0 Å². The Morgan fingerprint density at radius 1 is 1.12 bits per heavy atom. The van der Waals surface area contributed by atoms with Crippen LogP contribution in [0.15, 0.2) is 48.5 Å². The molecule has 0 spiro atoms. The van der Waals surface area contributed by atoms with Crippen molar-refractivity contribution in [3.63, 3.8) is 0 Å². The summed E-state index contributed by atoms with van der Waals surface area (Å²) in [4.78, 5) is 26.5. The molecule has 2 rings (SSSR count). The smallest absolute Gasteiger partial charge is 0.242 e. The molecule has 0 radical (unpaired) electrons. The molecule has 0 saturated heterocycles. The molecular weight excluding hydrogens is 355 g/mol. The fourth-order valence-corrected chi connectivity index (χ4v) is 2.82. The van der Waals surface area contributed by atoms with Crippen LogP contribution in [-0.4, -0.2) is 29.3 Å². The van der Waals surface area contributed by atoms with Crippen molar-refractivity contribution in [1.82, 2.24) is 10.2 Å². The molecule has 1 unspecified atom stereocenters. The maximum atomic E-state index is 14.1. The molecule has 0 heterocycles. The van der Waals surface area contributed by atoms with Gasteiger partial charge in [0.2, 0.25) is 11.8 Å². The standard InChI is InChI=1S/C20H22ClFN2O2/c1-3-23-20(26)14(2)24(13-16-9-5-7-11-18(16)22)19(25)12-15-8-4-6-10-17(15)21/h4-11,14H,3,12-13H2,1-2H3,(H,23,26). The second kappa shape index (κ2) is 9.34. The summed E-state index contributed by atoms with van der Waals surface area (Å²) in [6.07, 6.45) is 0.0396. The van der Waals surface area contributed by atoms with Crippen LogP contribution >= 0.6 is 11.6 Å². The lowest BCUT2D eigenvalue weighted by atomic mass is 10.1. The first-order valence-electron chi connectivity index (χ1n) is 8.48. The van der Waals surface area contributed by atoms with E-state index in [0.29, 0.717) is 22.7 Å². The number of carbonyl (C=O) groups is 2. The molecule has 0 aliphatic rings. The second-order valence-electron chi connectivity index (χ2n) is 5.95. The maximum Gasteiger partial charge on any atom is 0.242 e. The molecule has 6 heteroatoms. The lowest BCUT2D eigenvalue weighted by molar-refractivity contribution is -0.140. The Labute approximate surface area is 158 Å². The largest absolute Gasteiger partial charge is 0.355 e. The summed E-state index contributed by atoms with van der Waals surface area (Å²) in [5, 5.41) is 3.19. The van der Waals surface area contributed by atoms with Crippen LogP contribution in [-0.2, 0) is 22.6 Å². The van der Waals surface area contributed by atoms with Crippen molar-refractivity contribution in [2.24, 2.45) is 0 Å². The Kier molecular flexibility index (Phi) is 7.16. The van der Waals surface area contributed by atoms with Gasteiger partial charge in [-0.3, -0.25) is 9.59 Å². The van der Waals surface area contributed by atoms with Crippen LogP contribution in [0.2, 0.25) is 5.02 Å². The highest BCUT2D eigenvalue weighted by Gasteiger charge is 2.27. The van der Waals surface area contributed by atoms with E-state index in [1.807, 2.05) is 0 Å². The van der Waals surface area contributed by atoms with Gasteiger partial charge in [-0.25, -0.2) is 4.39 Å². The van der Waals surface area contributed by atoms with Crippen LogP contribution in [0.4, 0.5) is 4.39 Å². The van der Waals surface area contributed by atoms with Gasteiger partial charge >= 0.3 is 0 Å². The van der Waals surface area contributed by atoms with Gasteiger partial charge in [-0.05, 0) is 31.5 Å². The first-order chi connectivity index (χ1) is 12.4. The quantitative estimate of drug-likeness (QED) is 0.803. The van der Waals surface area contributed by atoms with Crippen LogP contribution in [0, 0.1) is 5.82 Å². The normalized spacial score (nSPS) is 11.7. The molecule has 1 atom stereocenters. The molecule has 0 fully saturated rings. The van der Waals surface area contributed by atoms with E-state index in [4.69, 9.17) is 11.6 Å². The van der Waals surface area contributed by atoms with Crippen molar-refractivity contribution in [3.8, 4) is 0 Å². The van der Waals surface area contributed by atoms with Crippen LogP contribution < -0.4 is 5.32 Å². The van der Waals surface area contributed by atoms with Gasteiger partial charge in [0.1, 0.15) is 11.9 Å². The van der Waals surface area contributed by atoms with Gasteiger partial charge in [0.15, 0.2) is 0 Å². The maximum absolute atomic E-state index is 14.1. The molecule has 2 amide bonds. The summed E-state index contributed by atoms with van der Waals surface area (Å²) in [6, 6.07) is 12.5. The van der Waals surface area contributed by atoms with Crippen LogP contribution in [0.5, 0.6) is 0 Å². The van der Waals surface area contributed by atoms with Crippen molar-refractivity contribution in [2.45, 2.75) is 32.9 Å². The van der Waals surface area contributed by atoms with E-state index in [-0.39, 0.29) is 24.8 Å². The van der Waals surface area contributed by atoms with Crippen LogP contribution in [0.3, 0.4) is 0 Å². The Balaban J connectivity index is 2.27. The Morgan fingerprint density at radius 3 is 2.35 bits per heavy atom. The molecular formula is C20H22ClFN2O2. The van der Waals surface area contributed by atoms with Gasteiger partial charge < -0.3 is 10.2 Å². The molecule has 2 aromatic rings. The van der Waals surface area contributed by atoms with E-state index in [1.165, 1.54) is 11.0 Å². The minimum atomic E-state index is -0.732. The van der Waals surface area contributed by atoms with E-state index in [0.717, 1.165) is 0 Å². The van der Waals surface area contributed by atoms with Gasteiger partial charge in [-0.1, -0.05) is 48.0 Å². The molecule has 2 aromatic carbocycles. The third-order valence-corrected chi connectivity index (χ3v) is 4.49. The minimum Gasteiger partial charge on any atom is -0.355 e. The number of nitrogens with zero attached hydrogens (tertiary/aromatic N) is 1. The van der Waals surface area contributed by atoms with Gasteiger partial charge in [0.05, 0.1) is 6.42 Å². The van der Waals surface area contributed by atoms with E-state index in [1.54, 1.807) is 56.3 Å². The molecule has 0 aliphatic heterocycles. The molecule has 0 aliphatic carbocycles.